The molecule has 2 aromatic carbocycles. The minimum absolute atomic E-state index is 0.258. The standard InChI is InChI=1S/C25H35BrO4Si/c1-16(2)31(17(3)4,18(5)6)28-15-23-24(19-11-9-8-10-12-19)29-22-14-20(26)13-21(27-7)25(22)30-23/h8-14,16-18,23-24H,15H2,1-7H3/t23-,24-/m0/s1. The molecule has 1 heterocycles. The van der Waals surface area contributed by atoms with E-state index in [0.717, 1.165) is 10.0 Å². The Labute approximate surface area is 196 Å². The number of hydrogen-bond acceptors (Lipinski definition) is 4. The third-order valence-corrected chi connectivity index (χ3v) is 12.9. The van der Waals surface area contributed by atoms with E-state index in [2.05, 4.69) is 69.6 Å². The van der Waals surface area contributed by atoms with Crippen molar-refractivity contribution in [3.05, 3.63) is 52.5 Å². The average Bonchev–Trinajstić information content (AvgIpc) is 2.73. The van der Waals surface area contributed by atoms with Gasteiger partial charge < -0.3 is 18.6 Å². The van der Waals surface area contributed by atoms with Crippen LogP contribution in [0.5, 0.6) is 17.2 Å². The van der Waals surface area contributed by atoms with Crippen LogP contribution in [-0.4, -0.2) is 28.1 Å². The fraction of sp³-hybridized carbons (Fsp3) is 0.520. The van der Waals surface area contributed by atoms with E-state index in [9.17, 15) is 0 Å². The zero-order chi connectivity index (χ0) is 22.8. The Balaban J connectivity index is 1.98. The van der Waals surface area contributed by atoms with Gasteiger partial charge in [-0.3, -0.25) is 0 Å². The molecule has 1 aliphatic rings. The van der Waals surface area contributed by atoms with Gasteiger partial charge in [0.2, 0.25) is 14.1 Å². The van der Waals surface area contributed by atoms with Gasteiger partial charge in [-0.2, -0.15) is 0 Å². The van der Waals surface area contributed by atoms with Gasteiger partial charge >= 0.3 is 0 Å². The molecule has 6 heteroatoms. The Morgan fingerprint density at radius 3 is 2.10 bits per heavy atom. The molecule has 0 fully saturated rings. The van der Waals surface area contributed by atoms with Gasteiger partial charge in [-0.15, -0.1) is 0 Å². The highest BCUT2D eigenvalue weighted by Gasteiger charge is 2.46. The van der Waals surface area contributed by atoms with E-state index >= 15 is 0 Å². The van der Waals surface area contributed by atoms with Crippen molar-refractivity contribution in [1.82, 2.24) is 0 Å². The van der Waals surface area contributed by atoms with Crippen molar-refractivity contribution in [3.63, 3.8) is 0 Å². The number of rotatable bonds is 8. The second-order valence-corrected chi connectivity index (χ2v) is 15.5. The van der Waals surface area contributed by atoms with Crippen LogP contribution < -0.4 is 14.2 Å². The minimum Gasteiger partial charge on any atom is -0.493 e. The molecule has 0 saturated heterocycles. The molecule has 0 saturated carbocycles. The Hall–Kier alpha value is -1.50. The lowest BCUT2D eigenvalue weighted by atomic mass is 10.0. The van der Waals surface area contributed by atoms with Crippen molar-refractivity contribution >= 4 is 24.2 Å². The Morgan fingerprint density at radius 2 is 1.55 bits per heavy atom. The van der Waals surface area contributed by atoms with Crippen molar-refractivity contribution in [2.24, 2.45) is 0 Å². The van der Waals surface area contributed by atoms with Gasteiger partial charge in [0, 0.05) is 4.47 Å². The predicted octanol–water partition coefficient (Wildman–Crippen LogP) is 7.53. The minimum atomic E-state index is -2.04. The van der Waals surface area contributed by atoms with Crippen LogP contribution >= 0.6 is 15.9 Å². The van der Waals surface area contributed by atoms with E-state index in [0.29, 0.717) is 40.5 Å². The molecular weight excluding hydrogens is 472 g/mol. The summed E-state index contributed by atoms with van der Waals surface area (Å²) in [7, 11) is -0.392. The van der Waals surface area contributed by atoms with Gasteiger partial charge in [-0.05, 0) is 34.3 Å². The summed E-state index contributed by atoms with van der Waals surface area (Å²) in [6.45, 7) is 14.3. The second-order valence-electron chi connectivity index (χ2n) is 9.17. The van der Waals surface area contributed by atoms with Crippen LogP contribution in [0.25, 0.3) is 0 Å². The monoisotopic (exact) mass is 506 g/mol. The number of fused-ring (bicyclic) bond motifs is 1. The predicted molar refractivity (Wildman–Crippen MR) is 132 cm³/mol. The summed E-state index contributed by atoms with van der Waals surface area (Å²) in [6.07, 6.45) is -0.529. The summed E-state index contributed by atoms with van der Waals surface area (Å²) in [6, 6.07) is 14.1. The van der Waals surface area contributed by atoms with Crippen molar-refractivity contribution in [3.8, 4) is 17.2 Å². The first-order chi connectivity index (χ1) is 14.7. The Bertz CT molecular complexity index is 848. The van der Waals surface area contributed by atoms with E-state index in [1.807, 2.05) is 30.3 Å². The number of methoxy groups -OCH3 is 1. The first-order valence-corrected chi connectivity index (χ1v) is 14.0. The lowest BCUT2D eigenvalue weighted by Crippen LogP contribution is -2.50. The number of benzene rings is 2. The maximum Gasteiger partial charge on any atom is 0.204 e. The molecule has 2 atom stereocenters. The fourth-order valence-corrected chi connectivity index (χ4v) is 11.0. The number of halogens is 1. The largest absolute Gasteiger partial charge is 0.493 e. The van der Waals surface area contributed by atoms with Gasteiger partial charge in [0.1, 0.15) is 0 Å². The van der Waals surface area contributed by atoms with Crippen molar-refractivity contribution in [2.75, 3.05) is 13.7 Å². The second kappa shape index (κ2) is 9.97. The van der Waals surface area contributed by atoms with Crippen LogP contribution in [0.15, 0.2) is 46.9 Å². The third kappa shape index (κ3) is 4.81. The Morgan fingerprint density at radius 1 is 0.935 bits per heavy atom. The van der Waals surface area contributed by atoms with Crippen molar-refractivity contribution in [2.45, 2.75) is 70.4 Å². The molecule has 0 aromatic heterocycles. The molecule has 0 unspecified atom stereocenters. The van der Waals surface area contributed by atoms with Crippen LogP contribution in [0.3, 0.4) is 0 Å². The molecule has 0 aliphatic carbocycles. The topological polar surface area (TPSA) is 36.9 Å². The molecular formula is C25H35BrO4Si. The van der Waals surface area contributed by atoms with E-state index < -0.39 is 8.32 Å². The van der Waals surface area contributed by atoms with E-state index in [1.165, 1.54) is 0 Å². The number of hydrogen-bond donors (Lipinski definition) is 0. The maximum atomic E-state index is 6.90. The third-order valence-electron chi connectivity index (χ3n) is 6.40. The van der Waals surface area contributed by atoms with Gasteiger partial charge in [0.25, 0.3) is 0 Å². The molecule has 1 aliphatic heterocycles. The molecule has 31 heavy (non-hydrogen) atoms. The van der Waals surface area contributed by atoms with Crippen LogP contribution in [0, 0.1) is 0 Å². The molecule has 2 aromatic rings. The number of ether oxygens (including phenoxy) is 3. The molecule has 0 bridgehead atoms. The zero-order valence-corrected chi connectivity index (χ0v) is 22.2. The smallest absolute Gasteiger partial charge is 0.204 e. The molecule has 0 spiro atoms. The maximum absolute atomic E-state index is 6.90. The van der Waals surface area contributed by atoms with Gasteiger partial charge in [-0.1, -0.05) is 87.8 Å². The molecule has 170 valence electrons. The SMILES string of the molecule is COc1cc(Br)cc2c1O[C@@H](CO[Si](C(C)C)(C(C)C)C(C)C)[C@H](c1ccccc1)O2. The summed E-state index contributed by atoms with van der Waals surface area (Å²) in [4.78, 5) is 0. The molecule has 3 rings (SSSR count). The van der Waals surface area contributed by atoms with Gasteiger partial charge in [0.15, 0.2) is 23.7 Å². The van der Waals surface area contributed by atoms with Crippen LogP contribution in [0.4, 0.5) is 0 Å². The van der Waals surface area contributed by atoms with Crippen LogP contribution in [0.1, 0.15) is 53.2 Å². The summed E-state index contributed by atoms with van der Waals surface area (Å²) in [5.41, 5.74) is 2.59. The molecule has 4 nitrogen and oxygen atoms in total. The normalized spacial score (nSPS) is 18.7. The Kier molecular flexibility index (Phi) is 7.76. The summed E-state index contributed by atoms with van der Waals surface area (Å²) in [5.74, 6) is 1.97. The zero-order valence-electron chi connectivity index (χ0n) is 19.6. The van der Waals surface area contributed by atoms with E-state index in [4.69, 9.17) is 18.6 Å². The first-order valence-electron chi connectivity index (χ1n) is 11.1. The van der Waals surface area contributed by atoms with Crippen LogP contribution in [0.2, 0.25) is 16.6 Å². The highest BCUT2D eigenvalue weighted by molar-refractivity contribution is 9.10. The fourth-order valence-electron chi connectivity index (χ4n) is 5.10. The summed E-state index contributed by atoms with van der Waals surface area (Å²) in [5, 5.41) is 0. The van der Waals surface area contributed by atoms with Gasteiger partial charge in [0.05, 0.1) is 13.7 Å². The van der Waals surface area contributed by atoms with E-state index in [1.54, 1.807) is 7.11 Å². The molecule has 0 amide bonds. The molecule has 0 N–H and O–H groups in total. The summed E-state index contributed by atoms with van der Waals surface area (Å²) < 4.78 is 26.4. The van der Waals surface area contributed by atoms with E-state index in [-0.39, 0.29) is 12.2 Å². The lowest BCUT2D eigenvalue weighted by Gasteiger charge is -2.44. The highest BCUT2D eigenvalue weighted by Crippen LogP contribution is 2.48. The van der Waals surface area contributed by atoms with Crippen LogP contribution in [-0.2, 0) is 4.43 Å². The van der Waals surface area contributed by atoms with Crippen molar-refractivity contribution < 1.29 is 18.6 Å². The first kappa shape index (κ1) is 24.1. The summed E-state index contributed by atoms with van der Waals surface area (Å²) >= 11 is 3.54. The molecule has 0 radical (unpaired) electrons. The lowest BCUT2D eigenvalue weighted by molar-refractivity contribution is -0.0120. The van der Waals surface area contributed by atoms with Gasteiger partial charge in [-0.25, -0.2) is 0 Å². The van der Waals surface area contributed by atoms with Crippen molar-refractivity contribution in [1.29, 1.82) is 0 Å². The highest BCUT2D eigenvalue weighted by atomic mass is 79.9. The average molecular weight is 508 g/mol. The quantitative estimate of drug-likeness (QED) is 0.346.